The summed E-state index contributed by atoms with van der Waals surface area (Å²) in [6, 6.07) is 5.49. The Morgan fingerprint density at radius 2 is 2.11 bits per heavy atom. The van der Waals surface area contributed by atoms with Crippen molar-refractivity contribution in [1.82, 2.24) is 0 Å². The highest BCUT2D eigenvalue weighted by atomic mass is 16.1. The molecule has 0 spiro atoms. The van der Waals surface area contributed by atoms with Gasteiger partial charge in [0.2, 0.25) is 5.91 Å². The molecule has 1 atom stereocenters. The number of hydrogen-bond acceptors (Lipinski definition) is 3. The minimum Gasteiger partial charge on any atom is -0.397 e. The fourth-order valence-corrected chi connectivity index (χ4v) is 1.89. The minimum atomic E-state index is -0.454. The molecule has 0 saturated heterocycles. The molecular formula is C14H23N3O. The van der Waals surface area contributed by atoms with Gasteiger partial charge in [0.25, 0.3) is 0 Å². The zero-order chi connectivity index (χ0) is 13.5. The SMILES string of the molecule is CCCCCC(C)Nc1ccc(C(N)=O)cc1N. The monoisotopic (exact) mass is 249 g/mol. The molecule has 4 nitrogen and oxygen atoms in total. The molecule has 18 heavy (non-hydrogen) atoms. The molecule has 100 valence electrons. The number of nitrogens with two attached hydrogens (primary N) is 2. The van der Waals surface area contributed by atoms with Gasteiger partial charge in [-0.3, -0.25) is 4.79 Å². The third-order valence-electron chi connectivity index (χ3n) is 2.98. The van der Waals surface area contributed by atoms with Crippen LogP contribution in [0.1, 0.15) is 49.9 Å². The summed E-state index contributed by atoms with van der Waals surface area (Å²) in [5, 5.41) is 3.36. The molecule has 0 bridgehead atoms. The third-order valence-corrected chi connectivity index (χ3v) is 2.98. The smallest absolute Gasteiger partial charge is 0.248 e. The summed E-state index contributed by atoms with van der Waals surface area (Å²) in [5.41, 5.74) is 13.0. The lowest BCUT2D eigenvalue weighted by molar-refractivity contribution is 0.100. The van der Waals surface area contributed by atoms with E-state index in [0.29, 0.717) is 17.3 Å². The lowest BCUT2D eigenvalue weighted by Crippen LogP contribution is -2.17. The van der Waals surface area contributed by atoms with Crippen LogP contribution in [-0.4, -0.2) is 11.9 Å². The molecule has 4 heteroatoms. The van der Waals surface area contributed by atoms with Crippen LogP contribution in [0, 0.1) is 0 Å². The zero-order valence-electron chi connectivity index (χ0n) is 11.2. The van der Waals surface area contributed by atoms with Crippen LogP contribution in [0.5, 0.6) is 0 Å². The van der Waals surface area contributed by atoms with Crippen LogP contribution in [-0.2, 0) is 0 Å². The molecule has 0 radical (unpaired) electrons. The maximum atomic E-state index is 11.0. The van der Waals surface area contributed by atoms with Crippen molar-refractivity contribution >= 4 is 17.3 Å². The van der Waals surface area contributed by atoms with Gasteiger partial charge < -0.3 is 16.8 Å². The van der Waals surface area contributed by atoms with Crippen molar-refractivity contribution in [2.45, 2.75) is 45.6 Å². The molecule has 0 aromatic heterocycles. The predicted molar refractivity (Wildman–Crippen MR) is 76.6 cm³/mol. The number of anilines is 2. The number of nitrogens with one attached hydrogen (secondary N) is 1. The van der Waals surface area contributed by atoms with Crippen LogP contribution in [0.15, 0.2) is 18.2 Å². The number of primary amides is 1. The Balaban J connectivity index is 2.59. The topological polar surface area (TPSA) is 81.1 Å². The Labute approximate surface area is 109 Å². The van der Waals surface area contributed by atoms with E-state index in [-0.39, 0.29) is 0 Å². The average Bonchev–Trinajstić information content (AvgIpc) is 2.32. The van der Waals surface area contributed by atoms with Crippen molar-refractivity contribution in [3.63, 3.8) is 0 Å². The van der Waals surface area contributed by atoms with E-state index in [9.17, 15) is 4.79 Å². The van der Waals surface area contributed by atoms with E-state index >= 15 is 0 Å². The first-order chi connectivity index (χ1) is 8.54. The molecule has 0 fully saturated rings. The van der Waals surface area contributed by atoms with Gasteiger partial charge in [-0.2, -0.15) is 0 Å². The molecule has 1 amide bonds. The lowest BCUT2D eigenvalue weighted by Gasteiger charge is -2.17. The third kappa shape index (κ3) is 4.28. The Morgan fingerprint density at radius 1 is 1.39 bits per heavy atom. The quantitative estimate of drug-likeness (QED) is 0.513. The lowest BCUT2D eigenvalue weighted by atomic mass is 10.1. The van der Waals surface area contributed by atoms with Gasteiger partial charge in [-0.25, -0.2) is 0 Å². The van der Waals surface area contributed by atoms with E-state index in [1.807, 2.05) is 6.07 Å². The van der Waals surface area contributed by atoms with E-state index in [4.69, 9.17) is 11.5 Å². The van der Waals surface area contributed by atoms with Gasteiger partial charge in [-0.1, -0.05) is 26.2 Å². The van der Waals surface area contributed by atoms with E-state index in [2.05, 4.69) is 19.2 Å². The van der Waals surface area contributed by atoms with E-state index in [0.717, 1.165) is 12.1 Å². The Hall–Kier alpha value is -1.71. The van der Waals surface area contributed by atoms with Crippen LogP contribution in [0.25, 0.3) is 0 Å². The van der Waals surface area contributed by atoms with Crippen LogP contribution in [0.4, 0.5) is 11.4 Å². The largest absolute Gasteiger partial charge is 0.397 e. The maximum Gasteiger partial charge on any atom is 0.248 e. The van der Waals surface area contributed by atoms with Gasteiger partial charge in [0.05, 0.1) is 11.4 Å². The van der Waals surface area contributed by atoms with Crippen molar-refractivity contribution in [3.8, 4) is 0 Å². The van der Waals surface area contributed by atoms with Crippen molar-refractivity contribution < 1.29 is 4.79 Å². The van der Waals surface area contributed by atoms with Crippen LogP contribution >= 0.6 is 0 Å². The summed E-state index contributed by atoms with van der Waals surface area (Å²) in [6.07, 6.45) is 4.80. The van der Waals surface area contributed by atoms with Crippen LogP contribution in [0.3, 0.4) is 0 Å². The summed E-state index contributed by atoms with van der Waals surface area (Å²) in [5.74, 6) is -0.454. The van der Waals surface area contributed by atoms with E-state index < -0.39 is 5.91 Å². The van der Waals surface area contributed by atoms with E-state index in [1.165, 1.54) is 19.3 Å². The zero-order valence-corrected chi connectivity index (χ0v) is 11.2. The Bertz CT molecular complexity index is 404. The average molecular weight is 249 g/mol. The van der Waals surface area contributed by atoms with Gasteiger partial charge in [0.15, 0.2) is 0 Å². The summed E-state index contributed by atoms with van der Waals surface area (Å²) in [6.45, 7) is 4.33. The molecule has 0 aliphatic carbocycles. The Morgan fingerprint density at radius 3 is 2.67 bits per heavy atom. The normalized spacial score (nSPS) is 12.1. The fraction of sp³-hybridized carbons (Fsp3) is 0.500. The number of amides is 1. The molecule has 0 aliphatic rings. The summed E-state index contributed by atoms with van der Waals surface area (Å²) >= 11 is 0. The molecule has 5 N–H and O–H groups in total. The van der Waals surface area contributed by atoms with Crippen LogP contribution < -0.4 is 16.8 Å². The second kappa shape index (κ2) is 6.89. The highest BCUT2D eigenvalue weighted by Gasteiger charge is 2.07. The summed E-state index contributed by atoms with van der Waals surface area (Å²) in [7, 11) is 0. The first kappa shape index (κ1) is 14.4. The highest BCUT2D eigenvalue weighted by molar-refractivity contribution is 5.94. The van der Waals surface area contributed by atoms with Crippen LogP contribution in [0.2, 0.25) is 0 Å². The maximum absolute atomic E-state index is 11.0. The molecule has 0 aliphatic heterocycles. The minimum absolute atomic E-state index is 0.373. The predicted octanol–water partition coefficient (Wildman–Crippen LogP) is 2.75. The number of nitrogen functional groups attached to an aromatic ring is 1. The van der Waals surface area contributed by atoms with Crippen molar-refractivity contribution in [2.24, 2.45) is 5.73 Å². The van der Waals surface area contributed by atoms with Crippen molar-refractivity contribution in [1.29, 1.82) is 0 Å². The van der Waals surface area contributed by atoms with Crippen molar-refractivity contribution in [3.05, 3.63) is 23.8 Å². The second-order valence-corrected chi connectivity index (χ2v) is 4.71. The first-order valence-corrected chi connectivity index (χ1v) is 6.50. The number of benzene rings is 1. The number of carbonyl (C=O) groups excluding carboxylic acids is 1. The van der Waals surface area contributed by atoms with Gasteiger partial charge >= 0.3 is 0 Å². The number of carbonyl (C=O) groups is 1. The first-order valence-electron chi connectivity index (χ1n) is 6.50. The summed E-state index contributed by atoms with van der Waals surface area (Å²) < 4.78 is 0. The molecule has 0 saturated carbocycles. The Kier molecular flexibility index (Phi) is 5.49. The van der Waals surface area contributed by atoms with E-state index in [1.54, 1.807) is 12.1 Å². The van der Waals surface area contributed by atoms with Gasteiger partial charge in [0.1, 0.15) is 0 Å². The highest BCUT2D eigenvalue weighted by Crippen LogP contribution is 2.21. The number of rotatable bonds is 7. The molecule has 1 aromatic rings. The molecular weight excluding hydrogens is 226 g/mol. The molecule has 1 unspecified atom stereocenters. The number of unbranched alkanes of at least 4 members (excludes halogenated alkanes) is 2. The summed E-state index contributed by atoms with van der Waals surface area (Å²) in [4.78, 5) is 11.0. The molecule has 1 aromatic carbocycles. The number of hydrogen-bond donors (Lipinski definition) is 3. The van der Waals surface area contributed by atoms with Gasteiger partial charge in [-0.05, 0) is 31.5 Å². The van der Waals surface area contributed by atoms with Gasteiger partial charge in [-0.15, -0.1) is 0 Å². The van der Waals surface area contributed by atoms with Gasteiger partial charge in [0, 0.05) is 11.6 Å². The molecule has 1 rings (SSSR count). The van der Waals surface area contributed by atoms with Crippen molar-refractivity contribution in [2.75, 3.05) is 11.1 Å². The standard InChI is InChI=1S/C14H23N3O/c1-3-4-5-6-10(2)17-13-8-7-11(14(16)18)9-12(13)15/h7-10,17H,3-6,15H2,1-2H3,(H2,16,18). The molecule has 0 heterocycles. The second-order valence-electron chi connectivity index (χ2n) is 4.71. The fourth-order valence-electron chi connectivity index (χ4n) is 1.89.